The molecule has 0 aliphatic carbocycles. The number of carboxylic acid groups (broad SMARTS) is 2. The predicted octanol–water partition coefficient (Wildman–Crippen LogP) is 4.90. The van der Waals surface area contributed by atoms with Gasteiger partial charge in [-0.15, -0.1) is 0 Å². The van der Waals surface area contributed by atoms with E-state index in [0.29, 0.717) is 35.2 Å². The van der Waals surface area contributed by atoms with Gasteiger partial charge in [0, 0.05) is 35.5 Å². The zero-order valence-electron chi connectivity index (χ0n) is 28.1. The van der Waals surface area contributed by atoms with E-state index in [9.17, 15) is 10.2 Å². The molecule has 0 bridgehead atoms. The second-order valence-electron chi connectivity index (χ2n) is 12.5. The van der Waals surface area contributed by atoms with Crippen LogP contribution in [-0.2, 0) is 52.1 Å². The van der Waals surface area contributed by atoms with Crippen molar-refractivity contribution in [1.82, 2.24) is 0 Å². The standard InChI is InChI=1S/C31H46N2O2.2C2H4O2.Co/c1-20(2)9-24-13-26(11-22(5)6)30(34)28(15-24)17-32-19-33-18-29-16-25(10-21(3)4)14-27(31(29)35)12-23(7)8;2*1-2(3)4;/h13-18,20-23,34-35H,9-12,19H2,1-8H3;2*1H3,(H,3,4);/q;;;+2/p-2. The van der Waals surface area contributed by atoms with Gasteiger partial charge < -0.3 is 30.0 Å². The van der Waals surface area contributed by atoms with Gasteiger partial charge in [0.05, 0.1) is 0 Å². The summed E-state index contributed by atoms with van der Waals surface area (Å²) in [5.74, 6) is 0.474. The molecule has 0 aromatic heterocycles. The summed E-state index contributed by atoms with van der Waals surface area (Å²) in [6.07, 6.45) is 7.05. The number of carbonyl (C=O) groups excluding carboxylic acids is 2. The molecule has 0 aliphatic heterocycles. The quantitative estimate of drug-likeness (QED) is 0.311. The molecule has 8 nitrogen and oxygen atoms in total. The van der Waals surface area contributed by atoms with Crippen molar-refractivity contribution < 1.29 is 46.8 Å². The molecule has 0 spiro atoms. The number of benzene rings is 2. The number of phenolic OH excluding ortho intramolecular Hbond substituents is 2. The van der Waals surface area contributed by atoms with Crippen LogP contribution < -0.4 is 10.2 Å². The average Bonchev–Trinajstić information content (AvgIpc) is 2.82. The minimum Gasteiger partial charge on any atom is -0.550 e. The summed E-state index contributed by atoms with van der Waals surface area (Å²) in [5, 5.41) is 39.4. The van der Waals surface area contributed by atoms with Crippen molar-refractivity contribution in [2.45, 2.75) is 94.9 Å². The first-order valence-electron chi connectivity index (χ1n) is 15.0. The third-order valence-electron chi connectivity index (χ3n) is 5.72. The van der Waals surface area contributed by atoms with Gasteiger partial charge in [-0.25, -0.2) is 0 Å². The normalized spacial score (nSPS) is 11.0. The average molecular weight is 656 g/mol. The fraction of sp³-hybridized carbons (Fsp3) is 0.543. The minimum atomic E-state index is -1.08. The molecule has 2 N–H and O–H groups in total. The van der Waals surface area contributed by atoms with Crippen LogP contribution in [0, 0.1) is 23.7 Å². The largest absolute Gasteiger partial charge is 2.00 e. The molecular formula is C35H52CoN2O6. The molecule has 0 unspecified atom stereocenters. The summed E-state index contributed by atoms with van der Waals surface area (Å²) in [7, 11) is 0. The first-order chi connectivity index (χ1) is 19.9. The van der Waals surface area contributed by atoms with Gasteiger partial charge in [-0.2, -0.15) is 0 Å². The van der Waals surface area contributed by atoms with Gasteiger partial charge >= 0.3 is 16.8 Å². The van der Waals surface area contributed by atoms with E-state index >= 15 is 0 Å². The van der Waals surface area contributed by atoms with Crippen LogP contribution in [0.15, 0.2) is 34.3 Å². The van der Waals surface area contributed by atoms with Crippen molar-refractivity contribution in [3.8, 4) is 11.5 Å². The summed E-state index contributed by atoms with van der Waals surface area (Å²) < 4.78 is 0. The summed E-state index contributed by atoms with van der Waals surface area (Å²) in [5.41, 5.74) is 5.90. The zero-order valence-corrected chi connectivity index (χ0v) is 29.1. The van der Waals surface area contributed by atoms with Gasteiger partial charge in [-0.05, 0) is 97.6 Å². The Hall–Kier alpha value is -3.17. The molecule has 2 rings (SSSR count). The van der Waals surface area contributed by atoms with Crippen molar-refractivity contribution >= 4 is 24.4 Å². The van der Waals surface area contributed by atoms with Crippen molar-refractivity contribution in [1.29, 1.82) is 0 Å². The number of aliphatic imine (C=N–C) groups is 2. The number of hydrogen-bond donors (Lipinski definition) is 2. The van der Waals surface area contributed by atoms with Gasteiger partial charge in [-0.1, -0.05) is 67.5 Å². The van der Waals surface area contributed by atoms with Crippen LogP contribution >= 0.6 is 0 Å². The van der Waals surface area contributed by atoms with Gasteiger partial charge in [-0.3, -0.25) is 9.98 Å². The number of aliphatic carboxylic acids is 2. The molecule has 2 aromatic rings. The number of carboxylic acids is 2. The minimum absolute atomic E-state index is 0. The zero-order chi connectivity index (χ0) is 33.3. The van der Waals surface area contributed by atoms with Crippen molar-refractivity contribution in [2.75, 3.05) is 6.67 Å². The smallest absolute Gasteiger partial charge is 0.550 e. The van der Waals surface area contributed by atoms with E-state index in [1.165, 1.54) is 11.1 Å². The van der Waals surface area contributed by atoms with Gasteiger partial charge in [0.15, 0.2) is 0 Å². The van der Waals surface area contributed by atoms with E-state index < -0.39 is 11.9 Å². The first-order valence-corrected chi connectivity index (χ1v) is 15.0. The van der Waals surface area contributed by atoms with Crippen molar-refractivity contribution in [2.24, 2.45) is 33.7 Å². The number of carbonyl (C=O) groups is 2. The Morgan fingerprint density at radius 3 is 1.16 bits per heavy atom. The Bertz CT molecular complexity index is 1120. The third-order valence-corrected chi connectivity index (χ3v) is 5.72. The Balaban J connectivity index is 0. The maximum atomic E-state index is 10.8. The van der Waals surface area contributed by atoms with E-state index in [0.717, 1.165) is 61.8 Å². The summed E-state index contributed by atoms with van der Waals surface area (Å²) >= 11 is 0. The van der Waals surface area contributed by atoms with Crippen LogP contribution in [0.5, 0.6) is 11.5 Å². The van der Waals surface area contributed by atoms with Crippen molar-refractivity contribution in [3.05, 3.63) is 57.6 Å². The number of phenols is 2. The molecule has 247 valence electrons. The number of hydrogen-bond acceptors (Lipinski definition) is 8. The molecule has 2 aromatic carbocycles. The number of nitrogens with zero attached hydrogens (tertiary/aromatic N) is 2. The molecular weight excluding hydrogens is 603 g/mol. The summed E-state index contributed by atoms with van der Waals surface area (Å²) in [6.45, 7) is 19.6. The molecule has 0 saturated carbocycles. The molecule has 0 heterocycles. The van der Waals surface area contributed by atoms with Gasteiger partial charge in [0.25, 0.3) is 0 Å². The molecule has 0 amide bonds. The van der Waals surface area contributed by atoms with Crippen LogP contribution in [0.2, 0.25) is 0 Å². The Kier molecular flexibility index (Phi) is 21.8. The molecule has 0 aliphatic rings. The van der Waals surface area contributed by atoms with Gasteiger partial charge in [0.1, 0.15) is 18.2 Å². The third kappa shape index (κ3) is 19.9. The molecule has 0 saturated heterocycles. The van der Waals surface area contributed by atoms with E-state index in [1.807, 2.05) is 12.1 Å². The van der Waals surface area contributed by atoms with Crippen LogP contribution in [0.4, 0.5) is 0 Å². The first kappa shape index (κ1) is 43.0. The fourth-order valence-corrected chi connectivity index (χ4v) is 4.47. The summed E-state index contributed by atoms with van der Waals surface area (Å²) in [6, 6.07) is 8.33. The van der Waals surface area contributed by atoms with E-state index in [-0.39, 0.29) is 23.4 Å². The second kappa shape index (κ2) is 22.4. The second-order valence-corrected chi connectivity index (χ2v) is 12.5. The predicted molar refractivity (Wildman–Crippen MR) is 172 cm³/mol. The molecule has 1 radical (unpaired) electrons. The molecule has 9 heteroatoms. The Labute approximate surface area is 275 Å². The van der Waals surface area contributed by atoms with E-state index in [1.54, 1.807) is 12.4 Å². The Morgan fingerprint density at radius 2 is 0.909 bits per heavy atom. The Morgan fingerprint density at radius 1 is 0.636 bits per heavy atom. The van der Waals surface area contributed by atoms with Gasteiger partial charge in [0.2, 0.25) is 0 Å². The van der Waals surface area contributed by atoms with Crippen LogP contribution in [0.1, 0.15) is 103 Å². The molecule has 0 fully saturated rings. The van der Waals surface area contributed by atoms with Crippen LogP contribution in [-0.4, -0.2) is 41.2 Å². The molecule has 0 atom stereocenters. The monoisotopic (exact) mass is 655 g/mol. The maximum Gasteiger partial charge on any atom is 2.00 e. The van der Waals surface area contributed by atoms with E-state index in [2.05, 4.69) is 77.5 Å². The van der Waals surface area contributed by atoms with E-state index in [4.69, 9.17) is 19.8 Å². The maximum absolute atomic E-state index is 10.8. The number of aromatic hydroxyl groups is 2. The van der Waals surface area contributed by atoms with Crippen LogP contribution in [0.25, 0.3) is 0 Å². The molecule has 44 heavy (non-hydrogen) atoms. The SMILES string of the molecule is CC(=O)[O-].CC(=O)[O-].CC(C)Cc1cc(C=NCN=Cc2cc(CC(C)C)cc(CC(C)C)c2O)c(O)c(CC(C)C)c1.[Co+2]. The van der Waals surface area contributed by atoms with Crippen molar-refractivity contribution in [3.63, 3.8) is 0 Å². The number of rotatable bonds is 12. The van der Waals surface area contributed by atoms with Crippen LogP contribution in [0.3, 0.4) is 0 Å². The summed E-state index contributed by atoms with van der Waals surface area (Å²) in [4.78, 5) is 26.7. The fourth-order valence-electron chi connectivity index (χ4n) is 4.47. The topological polar surface area (TPSA) is 145 Å².